The van der Waals surface area contributed by atoms with E-state index in [4.69, 9.17) is 4.74 Å². The second-order valence-electron chi connectivity index (χ2n) is 8.21. The Balaban J connectivity index is 1.20. The lowest BCUT2D eigenvalue weighted by atomic mass is 9.46. The van der Waals surface area contributed by atoms with Crippen molar-refractivity contribution in [2.24, 2.45) is 16.3 Å². The Bertz CT molecular complexity index is 872. The molecule has 144 valence electrons. The summed E-state index contributed by atoms with van der Waals surface area (Å²) in [6.07, 6.45) is 8.32. The first kappa shape index (κ1) is 17.0. The van der Waals surface area contributed by atoms with Gasteiger partial charge in [0.25, 0.3) is 0 Å². The summed E-state index contributed by atoms with van der Waals surface area (Å²) in [4.78, 5) is 7.59. The molecule has 3 aliphatic rings. The van der Waals surface area contributed by atoms with E-state index in [0.717, 1.165) is 42.9 Å². The van der Waals surface area contributed by atoms with Crippen LogP contribution in [0.5, 0.6) is 0 Å². The van der Waals surface area contributed by atoms with Crippen molar-refractivity contribution < 1.29 is 9.13 Å². The molecule has 6 heteroatoms. The van der Waals surface area contributed by atoms with Gasteiger partial charge in [-0.1, -0.05) is 6.42 Å². The van der Waals surface area contributed by atoms with Crippen LogP contribution in [-0.2, 0) is 11.2 Å². The second-order valence-corrected chi connectivity index (χ2v) is 8.21. The molecule has 1 saturated heterocycles. The van der Waals surface area contributed by atoms with Gasteiger partial charge in [-0.15, -0.1) is 0 Å². The summed E-state index contributed by atoms with van der Waals surface area (Å²) in [6.45, 7) is 1.69. The molecule has 5 nitrogen and oxygen atoms in total. The summed E-state index contributed by atoms with van der Waals surface area (Å²) in [5.41, 5.74) is 2.39. The molecule has 1 aliphatic heterocycles. The van der Waals surface area contributed by atoms with Gasteiger partial charge >= 0.3 is 0 Å². The van der Waals surface area contributed by atoms with Crippen LogP contribution in [0.1, 0.15) is 31.2 Å². The minimum Gasteiger partial charge on any atom is -0.377 e. The van der Waals surface area contributed by atoms with Gasteiger partial charge < -0.3 is 20.4 Å². The normalized spacial score (nSPS) is 28.7. The van der Waals surface area contributed by atoms with E-state index < -0.39 is 0 Å². The number of guanidine groups is 1. The minimum absolute atomic E-state index is 0.210. The van der Waals surface area contributed by atoms with Crippen LogP contribution in [0.4, 0.5) is 4.39 Å². The van der Waals surface area contributed by atoms with Gasteiger partial charge in [-0.05, 0) is 49.4 Å². The van der Waals surface area contributed by atoms with Gasteiger partial charge in [0, 0.05) is 54.7 Å². The third-order valence-corrected chi connectivity index (χ3v) is 6.97. The number of H-pyrrole nitrogens is 1. The van der Waals surface area contributed by atoms with E-state index in [9.17, 15) is 4.39 Å². The van der Waals surface area contributed by atoms with Gasteiger partial charge in [-0.3, -0.25) is 4.99 Å². The zero-order valence-corrected chi connectivity index (χ0v) is 15.7. The summed E-state index contributed by atoms with van der Waals surface area (Å²) in [7, 11) is 1.83. The zero-order valence-electron chi connectivity index (χ0n) is 15.7. The summed E-state index contributed by atoms with van der Waals surface area (Å²) in [5.74, 6) is 1.30. The Morgan fingerprint density at radius 1 is 1.41 bits per heavy atom. The average molecular weight is 370 g/mol. The summed E-state index contributed by atoms with van der Waals surface area (Å²) < 4.78 is 19.3. The smallest absolute Gasteiger partial charge is 0.191 e. The quantitative estimate of drug-likeness (QED) is 0.573. The summed E-state index contributed by atoms with van der Waals surface area (Å²) in [5, 5.41) is 8.24. The summed E-state index contributed by atoms with van der Waals surface area (Å²) in [6, 6.07) is 5.39. The lowest BCUT2D eigenvalue weighted by Crippen LogP contribution is -2.72. The molecule has 3 fully saturated rings. The van der Waals surface area contributed by atoms with E-state index in [0.29, 0.717) is 23.5 Å². The Morgan fingerprint density at radius 2 is 2.30 bits per heavy atom. The van der Waals surface area contributed by atoms with Crippen molar-refractivity contribution >= 4 is 16.9 Å². The fourth-order valence-electron chi connectivity index (χ4n) is 5.48. The van der Waals surface area contributed by atoms with Crippen molar-refractivity contribution in [2.45, 2.75) is 44.2 Å². The van der Waals surface area contributed by atoms with Crippen molar-refractivity contribution in [3.8, 4) is 0 Å². The number of aromatic nitrogens is 1. The number of nitrogens with zero attached hydrogens (tertiary/aromatic N) is 1. The molecular formula is C21H27FN4O. The van der Waals surface area contributed by atoms with Gasteiger partial charge in [0.15, 0.2) is 5.96 Å². The zero-order chi connectivity index (χ0) is 18.4. The SMILES string of the molecule is CN=C(NCCc1c[nH]c2cc(F)ccc12)NC1C2CCOC2C12CCC2. The highest BCUT2D eigenvalue weighted by atomic mass is 19.1. The van der Waals surface area contributed by atoms with E-state index in [1.807, 2.05) is 19.3 Å². The first-order chi connectivity index (χ1) is 13.2. The molecule has 2 heterocycles. The minimum atomic E-state index is -0.210. The van der Waals surface area contributed by atoms with Crippen LogP contribution < -0.4 is 10.6 Å². The van der Waals surface area contributed by atoms with E-state index in [1.165, 1.54) is 30.9 Å². The fourth-order valence-corrected chi connectivity index (χ4v) is 5.48. The van der Waals surface area contributed by atoms with Crippen LogP contribution in [0.2, 0.25) is 0 Å². The second kappa shape index (κ2) is 6.51. The van der Waals surface area contributed by atoms with E-state index in [2.05, 4.69) is 20.6 Å². The monoisotopic (exact) mass is 370 g/mol. The van der Waals surface area contributed by atoms with Gasteiger partial charge in [-0.2, -0.15) is 0 Å². The van der Waals surface area contributed by atoms with Crippen molar-refractivity contribution in [3.05, 3.63) is 35.8 Å². The number of nitrogens with one attached hydrogen (secondary N) is 3. The molecule has 1 aromatic heterocycles. The van der Waals surface area contributed by atoms with Gasteiger partial charge in [0.1, 0.15) is 5.82 Å². The van der Waals surface area contributed by atoms with Crippen molar-refractivity contribution in [2.75, 3.05) is 20.2 Å². The standard InChI is InChI=1S/C21H27FN4O/c1-23-20(26-18-16-6-10-27-19(16)21(18)7-2-8-21)24-9-5-13-12-25-17-11-14(22)3-4-15(13)17/h3-4,11-12,16,18-19,25H,2,5-10H2,1H3,(H2,23,24,26). The first-order valence-corrected chi connectivity index (χ1v) is 10.1. The van der Waals surface area contributed by atoms with Crippen LogP contribution in [0.3, 0.4) is 0 Å². The number of aromatic amines is 1. The van der Waals surface area contributed by atoms with Gasteiger partial charge in [0.05, 0.1) is 6.10 Å². The lowest BCUT2D eigenvalue weighted by Gasteiger charge is -2.63. The molecule has 0 amide bonds. The first-order valence-electron chi connectivity index (χ1n) is 10.1. The van der Waals surface area contributed by atoms with Crippen molar-refractivity contribution in [1.29, 1.82) is 0 Å². The molecule has 2 saturated carbocycles. The number of ether oxygens (including phenoxy) is 1. The molecular weight excluding hydrogens is 343 g/mol. The van der Waals surface area contributed by atoms with Gasteiger partial charge in [0.2, 0.25) is 0 Å². The molecule has 5 rings (SSSR count). The maximum Gasteiger partial charge on any atom is 0.191 e. The molecule has 2 aromatic rings. The summed E-state index contributed by atoms with van der Waals surface area (Å²) >= 11 is 0. The number of benzene rings is 1. The number of halogens is 1. The highest BCUT2D eigenvalue weighted by Crippen LogP contribution is 2.62. The number of rotatable bonds is 4. The largest absolute Gasteiger partial charge is 0.377 e. The van der Waals surface area contributed by atoms with Gasteiger partial charge in [-0.25, -0.2) is 4.39 Å². The van der Waals surface area contributed by atoms with Crippen LogP contribution in [0.15, 0.2) is 29.4 Å². The van der Waals surface area contributed by atoms with Crippen LogP contribution >= 0.6 is 0 Å². The predicted molar refractivity (Wildman–Crippen MR) is 104 cm³/mol. The molecule has 0 bridgehead atoms. The number of hydrogen-bond acceptors (Lipinski definition) is 2. The van der Waals surface area contributed by atoms with E-state index >= 15 is 0 Å². The molecule has 0 radical (unpaired) electrons. The highest BCUT2D eigenvalue weighted by molar-refractivity contribution is 5.83. The number of hydrogen-bond donors (Lipinski definition) is 3. The Morgan fingerprint density at radius 3 is 3.07 bits per heavy atom. The fraction of sp³-hybridized carbons (Fsp3) is 0.571. The Hall–Kier alpha value is -2.08. The molecule has 1 spiro atoms. The lowest BCUT2D eigenvalue weighted by molar-refractivity contribution is -0.171. The van der Waals surface area contributed by atoms with Crippen LogP contribution in [0, 0.1) is 17.2 Å². The Labute approximate surface area is 158 Å². The van der Waals surface area contributed by atoms with Crippen LogP contribution in [0.25, 0.3) is 10.9 Å². The van der Waals surface area contributed by atoms with Crippen molar-refractivity contribution in [3.63, 3.8) is 0 Å². The molecule has 1 aromatic carbocycles. The van der Waals surface area contributed by atoms with Crippen LogP contribution in [-0.4, -0.2) is 43.3 Å². The average Bonchev–Trinajstić information content (AvgIpc) is 3.21. The van der Waals surface area contributed by atoms with E-state index in [-0.39, 0.29) is 5.82 Å². The Kier molecular flexibility index (Phi) is 4.11. The molecule has 27 heavy (non-hydrogen) atoms. The molecule has 3 unspecified atom stereocenters. The highest BCUT2D eigenvalue weighted by Gasteiger charge is 2.66. The van der Waals surface area contributed by atoms with Crippen molar-refractivity contribution in [1.82, 2.24) is 15.6 Å². The maximum absolute atomic E-state index is 13.3. The molecule has 3 atom stereocenters. The molecule has 2 aliphatic carbocycles. The third-order valence-electron chi connectivity index (χ3n) is 6.97. The predicted octanol–water partition coefficient (Wildman–Crippen LogP) is 2.97. The van der Waals surface area contributed by atoms with E-state index in [1.54, 1.807) is 6.07 Å². The number of fused-ring (bicyclic) bond motifs is 3. The third kappa shape index (κ3) is 2.64. The molecule has 3 N–H and O–H groups in total. The topological polar surface area (TPSA) is 61.4 Å². The maximum atomic E-state index is 13.3. The number of aliphatic imine (C=N–C) groups is 1.